The van der Waals surface area contributed by atoms with E-state index < -0.39 is 5.54 Å². The van der Waals surface area contributed by atoms with Crippen LogP contribution in [0.5, 0.6) is 0 Å². The number of nitrogens with zero attached hydrogens (tertiary/aromatic N) is 2. The molecule has 0 aromatic heterocycles. The summed E-state index contributed by atoms with van der Waals surface area (Å²) >= 11 is 0. The Morgan fingerprint density at radius 3 is 2.47 bits per heavy atom. The average Bonchev–Trinajstić information content (AvgIpc) is 2.74. The Labute approximate surface area is 181 Å². The molecule has 1 heterocycles. The average molecular weight is 398 g/mol. The molecule has 0 unspecified atom stereocenters. The van der Waals surface area contributed by atoms with E-state index >= 15 is 0 Å². The maximum atomic E-state index is 5.68. The number of benzene rings is 2. The van der Waals surface area contributed by atoms with Crippen molar-refractivity contribution >= 4 is 5.69 Å². The minimum absolute atomic E-state index is 0.00383. The first kappa shape index (κ1) is 21.3. The molecular weight excluding hydrogens is 366 g/mol. The van der Waals surface area contributed by atoms with Crippen molar-refractivity contribution in [1.82, 2.24) is 10.2 Å². The van der Waals surface area contributed by atoms with Crippen LogP contribution in [0, 0.1) is 12.3 Å². The van der Waals surface area contributed by atoms with Crippen molar-refractivity contribution in [2.24, 2.45) is 0 Å². The first-order chi connectivity index (χ1) is 14.3. The van der Waals surface area contributed by atoms with Gasteiger partial charge in [0.2, 0.25) is 0 Å². The second-order valence-corrected chi connectivity index (χ2v) is 8.17. The smallest absolute Gasteiger partial charge is 0.0940 e. The number of hydrogen-bond donors (Lipinski definition) is 1. The van der Waals surface area contributed by atoms with Gasteiger partial charge in [0.05, 0.1) is 11.4 Å². The van der Waals surface area contributed by atoms with Crippen molar-refractivity contribution in [3.05, 3.63) is 103 Å². The highest BCUT2D eigenvalue weighted by molar-refractivity contribution is 5.56. The fraction of sp³-hybridized carbons (Fsp3) is 0.259. The predicted molar refractivity (Wildman–Crippen MR) is 128 cm³/mol. The van der Waals surface area contributed by atoms with Gasteiger partial charge in [-0.1, -0.05) is 49.4 Å². The summed E-state index contributed by atoms with van der Waals surface area (Å²) in [6.45, 7) is 15.7. The van der Waals surface area contributed by atoms with Crippen LogP contribution < -0.4 is 10.2 Å². The highest BCUT2D eigenvalue weighted by Gasteiger charge is 2.36. The Morgan fingerprint density at radius 1 is 1.27 bits per heavy atom. The standard InChI is InChI=1S/C27H31N3/c1-8-22-11-10-12-24(19-22)27(5,28-21(4)29(6)7)26(9-2)23-13-15-25(16-14-23)30-18-17-20(30)3/h1,9-16,19,26,28H,2-4,17-18H2,5-7H3/t26-,27-/m1/s1. The monoisotopic (exact) mass is 397 g/mol. The van der Waals surface area contributed by atoms with Gasteiger partial charge in [0.1, 0.15) is 0 Å². The molecule has 0 saturated carbocycles. The fourth-order valence-electron chi connectivity index (χ4n) is 3.93. The van der Waals surface area contributed by atoms with Crippen molar-refractivity contribution in [2.75, 3.05) is 25.5 Å². The van der Waals surface area contributed by atoms with E-state index in [4.69, 9.17) is 6.42 Å². The van der Waals surface area contributed by atoms with Crippen molar-refractivity contribution in [3.8, 4) is 12.3 Å². The molecule has 0 bridgehead atoms. The molecule has 3 rings (SSSR count). The van der Waals surface area contributed by atoms with Gasteiger partial charge in [-0.05, 0) is 42.3 Å². The molecular formula is C27H31N3. The van der Waals surface area contributed by atoms with Gasteiger partial charge in [-0.2, -0.15) is 0 Å². The molecule has 0 radical (unpaired) electrons. The maximum absolute atomic E-state index is 5.68. The minimum Gasteiger partial charge on any atom is -0.365 e. The van der Waals surface area contributed by atoms with Crippen molar-refractivity contribution in [2.45, 2.75) is 24.8 Å². The van der Waals surface area contributed by atoms with Crippen LogP contribution >= 0.6 is 0 Å². The molecule has 2 aromatic rings. The first-order valence-electron chi connectivity index (χ1n) is 10.2. The van der Waals surface area contributed by atoms with Crippen LogP contribution in [0.1, 0.15) is 36.0 Å². The quantitative estimate of drug-likeness (QED) is 0.488. The highest BCUT2D eigenvalue weighted by atomic mass is 15.2. The fourth-order valence-corrected chi connectivity index (χ4v) is 3.93. The topological polar surface area (TPSA) is 18.5 Å². The van der Waals surface area contributed by atoms with E-state index in [-0.39, 0.29) is 5.92 Å². The molecule has 1 aliphatic heterocycles. The molecule has 2 aromatic carbocycles. The molecule has 1 fully saturated rings. The number of rotatable bonds is 8. The third kappa shape index (κ3) is 4.00. The summed E-state index contributed by atoms with van der Waals surface area (Å²) in [7, 11) is 3.95. The lowest BCUT2D eigenvalue weighted by Gasteiger charge is -2.41. The summed E-state index contributed by atoms with van der Waals surface area (Å²) in [4.78, 5) is 4.22. The van der Waals surface area contributed by atoms with E-state index in [0.717, 1.165) is 29.9 Å². The zero-order valence-corrected chi connectivity index (χ0v) is 18.3. The number of anilines is 1. The molecule has 1 N–H and O–H groups in total. The molecule has 1 saturated heterocycles. The van der Waals surface area contributed by atoms with E-state index in [1.54, 1.807) is 0 Å². The Kier molecular flexibility index (Phi) is 6.08. The van der Waals surface area contributed by atoms with Crippen molar-refractivity contribution < 1.29 is 0 Å². The molecule has 154 valence electrons. The summed E-state index contributed by atoms with van der Waals surface area (Å²) in [6, 6.07) is 16.8. The summed E-state index contributed by atoms with van der Waals surface area (Å²) < 4.78 is 0. The normalized spacial score (nSPS) is 15.9. The number of nitrogens with one attached hydrogen (secondary N) is 1. The molecule has 3 nitrogen and oxygen atoms in total. The zero-order chi connectivity index (χ0) is 21.9. The second-order valence-electron chi connectivity index (χ2n) is 8.17. The van der Waals surface area contributed by atoms with Gasteiger partial charge in [0.15, 0.2) is 0 Å². The minimum atomic E-state index is -0.488. The molecule has 2 atom stereocenters. The SMILES string of the molecule is C#Cc1cccc([C@@](C)(NC(=C)N(C)C)[C@H](C=C)c2ccc(N3CCC3=C)cc2)c1. The van der Waals surface area contributed by atoms with Crippen LogP contribution in [0.15, 0.2) is 85.9 Å². The molecule has 1 aliphatic rings. The Hall–Kier alpha value is -3.38. The van der Waals surface area contributed by atoms with E-state index in [0.29, 0.717) is 0 Å². The molecule has 30 heavy (non-hydrogen) atoms. The first-order valence-corrected chi connectivity index (χ1v) is 10.2. The van der Waals surface area contributed by atoms with Gasteiger partial charge in [0.25, 0.3) is 0 Å². The lowest BCUT2D eigenvalue weighted by Crippen LogP contribution is -2.46. The lowest BCUT2D eigenvalue weighted by atomic mass is 9.75. The summed E-state index contributed by atoms with van der Waals surface area (Å²) in [5.74, 6) is 3.57. The summed E-state index contributed by atoms with van der Waals surface area (Å²) in [5.41, 5.74) is 4.98. The van der Waals surface area contributed by atoms with Gasteiger partial charge < -0.3 is 15.1 Å². The molecule has 0 amide bonds. The predicted octanol–water partition coefficient (Wildman–Crippen LogP) is 5.20. The van der Waals surface area contributed by atoms with Gasteiger partial charge in [0, 0.05) is 49.9 Å². The number of terminal acetylenes is 1. The number of hydrogen-bond acceptors (Lipinski definition) is 3. The van der Waals surface area contributed by atoms with Crippen LogP contribution in [0.25, 0.3) is 0 Å². The van der Waals surface area contributed by atoms with Crippen LogP contribution in [0.4, 0.5) is 5.69 Å². The molecule has 0 spiro atoms. The maximum Gasteiger partial charge on any atom is 0.0940 e. The van der Waals surface area contributed by atoms with Crippen molar-refractivity contribution in [3.63, 3.8) is 0 Å². The third-order valence-corrected chi connectivity index (χ3v) is 6.00. The highest BCUT2D eigenvalue weighted by Crippen LogP contribution is 2.40. The second kappa shape index (κ2) is 8.55. The van der Waals surface area contributed by atoms with E-state index in [9.17, 15) is 0 Å². The van der Waals surface area contributed by atoms with Gasteiger partial charge in [-0.25, -0.2) is 0 Å². The van der Waals surface area contributed by atoms with Crippen LogP contribution in [0.2, 0.25) is 0 Å². The van der Waals surface area contributed by atoms with E-state index in [1.165, 1.54) is 16.9 Å². The molecule has 3 heteroatoms. The van der Waals surface area contributed by atoms with Gasteiger partial charge in [-0.3, -0.25) is 0 Å². The third-order valence-electron chi connectivity index (χ3n) is 6.00. The van der Waals surface area contributed by atoms with Crippen molar-refractivity contribution in [1.29, 1.82) is 0 Å². The summed E-state index contributed by atoms with van der Waals surface area (Å²) in [6.07, 6.45) is 8.74. The van der Waals surface area contributed by atoms with Crippen LogP contribution in [-0.2, 0) is 5.54 Å². The molecule has 0 aliphatic carbocycles. The summed E-state index contributed by atoms with van der Waals surface area (Å²) in [5, 5.41) is 3.64. The Bertz CT molecular complexity index is 994. The largest absolute Gasteiger partial charge is 0.365 e. The lowest BCUT2D eigenvalue weighted by molar-refractivity contribution is 0.314. The van der Waals surface area contributed by atoms with Crippen LogP contribution in [-0.4, -0.2) is 25.5 Å². The van der Waals surface area contributed by atoms with Gasteiger partial charge >= 0.3 is 0 Å². The van der Waals surface area contributed by atoms with Gasteiger partial charge in [-0.15, -0.1) is 13.0 Å². The van der Waals surface area contributed by atoms with Crippen LogP contribution in [0.3, 0.4) is 0 Å². The van der Waals surface area contributed by atoms with E-state index in [2.05, 4.69) is 79.2 Å². The zero-order valence-electron chi connectivity index (χ0n) is 18.3. The Morgan fingerprint density at radius 2 is 1.97 bits per heavy atom. The van der Waals surface area contributed by atoms with E-state index in [1.807, 2.05) is 37.2 Å². The Balaban J connectivity index is 2.03.